The van der Waals surface area contributed by atoms with Crippen LogP contribution < -0.4 is 10.0 Å². The van der Waals surface area contributed by atoms with Gasteiger partial charge in [-0.3, -0.25) is 14.4 Å². The molecule has 2 aliphatic heterocycles. The molecule has 0 bridgehead atoms. The van der Waals surface area contributed by atoms with Crippen LogP contribution in [0.2, 0.25) is 4.34 Å². The van der Waals surface area contributed by atoms with Gasteiger partial charge in [-0.1, -0.05) is 11.6 Å². The third kappa shape index (κ3) is 6.59. The lowest BCUT2D eigenvalue weighted by Crippen LogP contribution is -2.55. The lowest BCUT2D eigenvalue weighted by Gasteiger charge is -2.34. The number of halogens is 1. The zero-order valence-corrected chi connectivity index (χ0v) is 21.1. The van der Waals surface area contributed by atoms with Gasteiger partial charge in [-0.2, -0.15) is 4.72 Å². The number of sulfonamides is 1. The first-order chi connectivity index (χ1) is 16.2. The quantitative estimate of drug-likeness (QED) is 0.507. The molecule has 3 fully saturated rings. The Morgan fingerprint density at radius 2 is 1.91 bits per heavy atom. The molecule has 2 saturated heterocycles. The summed E-state index contributed by atoms with van der Waals surface area (Å²) in [5, 5.41) is 3.96. The van der Waals surface area contributed by atoms with Crippen LogP contribution in [0.1, 0.15) is 43.4 Å². The number of likely N-dealkylation sites (tertiary alicyclic amines) is 2. The Morgan fingerprint density at radius 3 is 2.62 bits per heavy atom. The molecule has 12 heteroatoms. The van der Waals surface area contributed by atoms with Crippen molar-refractivity contribution < 1.29 is 22.8 Å². The maximum atomic E-state index is 13.0. The molecule has 2 N–H and O–H groups in total. The Balaban J connectivity index is 1.30. The van der Waals surface area contributed by atoms with Crippen molar-refractivity contribution in [1.29, 1.82) is 0 Å². The molecule has 1 aromatic heterocycles. The van der Waals surface area contributed by atoms with Gasteiger partial charge in [0, 0.05) is 41.9 Å². The highest BCUT2D eigenvalue weighted by molar-refractivity contribution is 7.92. The molecule has 4 rings (SSSR count). The topological polar surface area (TPSA) is 116 Å². The highest BCUT2D eigenvalue weighted by atomic mass is 35.5. The Hall–Kier alpha value is -1.95. The largest absolute Gasteiger partial charge is 0.354 e. The van der Waals surface area contributed by atoms with Crippen LogP contribution in [0.15, 0.2) is 17.5 Å². The van der Waals surface area contributed by atoms with E-state index in [1.807, 2.05) is 0 Å². The Labute approximate surface area is 208 Å². The summed E-state index contributed by atoms with van der Waals surface area (Å²) in [4.78, 5) is 41.7. The molecular weight excluding hydrogens is 500 g/mol. The fraction of sp³-hybridized carbons (Fsp3) is 0.591. The molecule has 1 aromatic rings. The van der Waals surface area contributed by atoms with Crippen molar-refractivity contribution in [3.63, 3.8) is 0 Å². The second kappa shape index (κ2) is 10.8. The number of nitrogens with one attached hydrogen (secondary N) is 2. The number of thiophene rings is 1. The van der Waals surface area contributed by atoms with Gasteiger partial charge in [0.05, 0.1) is 10.9 Å². The zero-order valence-electron chi connectivity index (χ0n) is 18.7. The molecule has 2 atom stereocenters. The van der Waals surface area contributed by atoms with E-state index in [1.54, 1.807) is 17.0 Å². The van der Waals surface area contributed by atoms with Gasteiger partial charge < -0.3 is 15.1 Å². The number of carbonyl (C=O) groups is 3. The lowest BCUT2D eigenvalue weighted by atomic mass is 10.1. The van der Waals surface area contributed by atoms with Crippen LogP contribution in [0, 0.1) is 5.92 Å². The molecule has 1 aliphatic carbocycles. The van der Waals surface area contributed by atoms with Gasteiger partial charge in [0.1, 0.15) is 6.04 Å². The summed E-state index contributed by atoms with van der Waals surface area (Å²) < 4.78 is 28.0. The van der Waals surface area contributed by atoms with Crippen LogP contribution in [0.3, 0.4) is 0 Å². The molecule has 0 radical (unpaired) electrons. The van der Waals surface area contributed by atoms with E-state index < -0.39 is 22.0 Å². The maximum absolute atomic E-state index is 13.0. The highest BCUT2D eigenvalue weighted by Gasteiger charge is 2.36. The molecule has 34 heavy (non-hydrogen) atoms. The monoisotopic (exact) mass is 528 g/mol. The van der Waals surface area contributed by atoms with Crippen molar-refractivity contribution >= 4 is 56.8 Å². The van der Waals surface area contributed by atoms with Crippen molar-refractivity contribution in [2.45, 2.75) is 50.6 Å². The van der Waals surface area contributed by atoms with E-state index in [4.69, 9.17) is 11.6 Å². The summed E-state index contributed by atoms with van der Waals surface area (Å²) in [6, 6.07) is 2.41. The Bertz CT molecular complexity index is 1070. The van der Waals surface area contributed by atoms with E-state index in [9.17, 15) is 22.8 Å². The van der Waals surface area contributed by atoms with E-state index in [2.05, 4.69) is 10.0 Å². The fourth-order valence-corrected chi connectivity index (χ4v) is 6.43. The van der Waals surface area contributed by atoms with Gasteiger partial charge in [0.15, 0.2) is 0 Å². The molecule has 3 amide bonds. The SMILES string of the molecule is O=C(NC[C@@H]1CCCN1C(=O)CN1CCC[C@H](NS(=O)(=O)C=Cc2ccc(Cl)s2)C1=O)C1CC1. The third-order valence-corrected chi connectivity index (χ3v) is 8.63. The zero-order chi connectivity index (χ0) is 24.3. The Morgan fingerprint density at radius 1 is 1.15 bits per heavy atom. The molecule has 1 saturated carbocycles. The van der Waals surface area contributed by atoms with Gasteiger partial charge in [-0.25, -0.2) is 8.42 Å². The first-order valence-electron chi connectivity index (χ1n) is 11.5. The minimum absolute atomic E-state index is 0.0526. The number of hydrogen-bond donors (Lipinski definition) is 2. The number of rotatable bonds is 9. The summed E-state index contributed by atoms with van der Waals surface area (Å²) in [6.45, 7) is 1.34. The van der Waals surface area contributed by atoms with Gasteiger partial charge >= 0.3 is 0 Å². The summed E-state index contributed by atoms with van der Waals surface area (Å²) in [6.07, 6.45) is 5.93. The summed E-state index contributed by atoms with van der Waals surface area (Å²) in [5.74, 6) is -0.393. The first kappa shape index (κ1) is 25.2. The van der Waals surface area contributed by atoms with Crippen molar-refractivity contribution in [1.82, 2.24) is 19.8 Å². The predicted molar refractivity (Wildman–Crippen MR) is 130 cm³/mol. The third-order valence-electron chi connectivity index (χ3n) is 6.33. The van der Waals surface area contributed by atoms with E-state index >= 15 is 0 Å². The standard InChI is InChI=1S/C22H29ClN4O5S2/c23-19-8-7-17(33-19)9-12-34(31,32)25-18-4-2-10-26(22(18)30)14-20(28)27-11-1-3-16(27)13-24-21(29)15-5-6-15/h7-9,12,15-16,18,25H,1-6,10-11,13-14H2,(H,24,29)/t16-,18-/m0/s1. The smallest absolute Gasteiger partial charge is 0.242 e. The van der Waals surface area contributed by atoms with Crippen LogP contribution in [-0.4, -0.2) is 74.2 Å². The molecule has 0 spiro atoms. The van der Waals surface area contributed by atoms with Crippen LogP contribution in [-0.2, 0) is 24.4 Å². The summed E-state index contributed by atoms with van der Waals surface area (Å²) in [7, 11) is -3.85. The van der Waals surface area contributed by atoms with Crippen LogP contribution in [0.4, 0.5) is 0 Å². The van der Waals surface area contributed by atoms with Crippen LogP contribution in [0.25, 0.3) is 6.08 Å². The lowest BCUT2D eigenvalue weighted by molar-refractivity contribution is -0.143. The van der Waals surface area contributed by atoms with Crippen molar-refractivity contribution in [2.75, 3.05) is 26.2 Å². The fourth-order valence-electron chi connectivity index (χ4n) is 4.36. The van der Waals surface area contributed by atoms with Crippen molar-refractivity contribution in [2.24, 2.45) is 5.92 Å². The van der Waals surface area contributed by atoms with Gasteiger partial charge in [-0.05, 0) is 56.7 Å². The number of carbonyl (C=O) groups excluding carboxylic acids is 3. The number of piperidine rings is 1. The van der Waals surface area contributed by atoms with Crippen molar-refractivity contribution in [3.05, 3.63) is 26.8 Å². The van der Waals surface area contributed by atoms with E-state index in [0.29, 0.717) is 41.7 Å². The molecular formula is C22H29ClN4O5S2. The van der Waals surface area contributed by atoms with E-state index in [1.165, 1.54) is 22.3 Å². The molecule has 0 unspecified atom stereocenters. The van der Waals surface area contributed by atoms with E-state index in [0.717, 1.165) is 31.1 Å². The summed E-state index contributed by atoms with van der Waals surface area (Å²) in [5.41, 5.74) is 0. The molecule has 3 heterocycles. The number of nitrogens with zero attached hydrogens (tertiary/aromatic N) is 2. The second-order valence-corrected chi connectivity index (χ2v) is 12.3. The highest BCUT2D eigenvalue weighted by Crippen LogP contribution is 2.29. The first-order valence-corrected chi connectivity index (χ1v) is 14.3. The van der Waals surface area contributed by atoms with Crippen LogP contribution >= 0.6 is 22.9 Å². The van der Waals surface area contributed by atoms with Gasteiger partial charge in [0.25, 0.3) is 0 Å². The molecule has 9 nitrogen and oxygen atoms in total. The average molecular weight is 529 g/mol. The summed E-state index contributed by atoms with van der Waals surface area (Å²) >= 11 is 7.11. The second-order valence-electron chi connectivity index (χ2n) is 8.96. The molecule has 3 aliphatic rings. The number of amides is 3. The normalized spacial score (nSPS) is 23.6. The number of hydrogen-bond acceptors (Lipinski definition) is 6. The molecule has 186 valence electrons. The van der Waals surface area contributed by atoms with Gasteiger partial charge in [0.2, 0.25) is 27.7 Å². The van der Waals surface area contributed by atoms with E-state index in [-0.39, 0.29) is 30.3 Å². The maximum Gasteiger partial charge on any atom is 0.242 e. The van der Waals surface area contributed by atoms with Gasteiger partial charge in [-0.15, -0.1) is 11.3 Å². The average Bonchev–Trinajstić information content (AvgIpc) is 3.39. The minimum atomic E-state index is -3.85. The van der Waals surface area contributed by atoms with Crippen LogP contribution in [0.5, 0.6) is 0 Å². The minimum Gasteiger partial charge on any atom is -0.354 e. The predicted octanol–water partition coefficient (Wildman–Crippen LogP) is 1.80. The molecule has 0 aromatic carbocycles. The van der Waals surface area contributed by atoms with Crippen molar-refractivity contribution in [3.8, 4) is 0 Å². The Kier molecular flexibility index (Phi) is 7.96.